The van der Waals surface area contributed by atoms with Gasteiger partial charge < -0.3 is 10.8 Å². The third-order valence-electron chi connectivity index (χ3n) is 2.62. The maximum Gasteiger partial charge on any atom is 0.118 e. The first-order valence-electron chi connectivity index (χ1n) is 4.18. The Balaban J connectivity index is 2.35. The number of nitrogens with two attached hydrogens (primary N) is 1. The zero-order valence-electron chi connectivity index (χ0n) is 6.72. The number of alkyl halides is 1. The van der Waals surface area contributed by atoms with Crippen LogP contribution in [0.2, 0.25) is 0 Å². The van der Waals surface area contributed by atoms with Crippen molar-refractivity contribution in [1.29, 1.82) is 0 Å². The van der Waals surface area contributed by atoms with E-state index in [1.54, 1.807) is 0 Å². The average Bonchev–Trinajstić information content (AvgIpc) is 2.06. The molecule has 0 aromatic carbocycles. The highest BCUT2D eigenvalue weighted by Crippen LogP contribution is 2.31. The van der Waals surface area contributed by atoms with E-state index in [4.69, 9.17) is 5.73 Å². The lowest BCUT2D eigenvalue weighted by Crippen LogP contribution is -2.37. The average molecular weight is 161 g/mol. The monoisotopic (exact) mass is 161 g/mol. The number of aliphatic hydroxyl groups is 1. The van der Waals surface area contributed by atoms with Crippen molar-refractivity contribution in [2.24, 2.45) is 11.7 Å². The highest BCUT2D eigenvalue weighted by molar-refractivity contribution is 4.84. The van der Waals surface area contributed by atoms with E-state index in [0.717, 1.165) is 12.8 Å². The summed E-state index contributed by atoms with van der Waals surface area (Å²) in [6.07, 6.45) is 2.89. The summed E-state index contributed by atoms with van der Waals surface area (Å²) in [5.74, 6) is 0.502. The molecule has 0 unspecified atom stereocenters. The second-order valence-electron chi connectivity index (χ2n) is 3.54. The summed E-state index contributed by atoms with van der Waals surface area (Å²) < 4.78 is 12.2. The van der Waals surface area contributed by atoms with E-state index < -0.39 is 12.3 Å². The second-order valence-corrected chi connectivity index (χ2v) is 3.54. The fourth-order valence-electron chi connectivity index (χ4n) is 1.58. The van der Waals surface area contributed by atoms with Crippen LogP contribution in [-0.2, 0) is 0 Å². The summed E-state index contributed by atoms with van der Waals surface area (Å²) in [6.45, 7) is 0.0622. The molecule has 0 atom stereocenters. The van der Waals surface area contributed by atoms with E-state index >= 15 is 0 Å². The van der Waals surface area contributed by atoms with Gasteiger partial charge in [0, 0.05) is 0 Å². The van der Waals surface area contributed by atoms with Crippen LogP contribution in [0.1, 0.15) is 25.7 Å². The third kappa shape index (κ3) is 2.14. The molecule has 66 valence electrons. The number of hydrogen-bond donors (Lipinski definition) is 2. The fourth-order valence-corrected chi connectivity index (χ4v) is 1.58. The topological polar surface area (TPSA) is 46.2 Å². The molecular formula is C8H16FNO. The minimum absolute atomic E-state index is 0.502. The number of hydrogen-bond acceptors (Lipinski definition) is 2. The lowest BCUT2D eigenvalue weighted by atomic mass is 9.79. The Morgan fingerprint density at radius 3 is 2.36 bits per heavy atom. The van der Waals surface area contributed by atoms with E-state index in [1.165, 1.54) is 0 Å². The van der Waals surface area contributed by atoms with Crippen molar-refractivity contribution in [3.8, 4) is 0 Å². The highest BCUT2D eigenvalue weighted by Gasteiger charge is 2.32. The first-order chi connectivity index (χ1) is 5.20. The van der Waals surface area contributed by atoms with Gasteiger partial charge in [-0.25, -0.2) is 4.39 Å². The molecule has 0 aliphatic heterocycles. The molecule has 0 amide bonds. The van der Waals surface area contributed by atoms with Crippen molar-refractivity contribution < 1.29 is 9.50 Å². The number of rotatable bonds is 2. The molecule has 1 saturated carbocycles. The molecule has 3 N–H and O–H groups in total. The largest absolute Gasteiger partial charge is 0.387 e. The van der Waals surface area contributed by atoms with Gasteiger partial charge in [-0.05, 0) is 38.1 Å². The minimum atomic E-state index is -1.02. The Hall–Kier alpha value is -0.150. The van der Waals surface area contributed by atoms with E-state index in [9.17, 15) is 9.50 Å². The Labute approximate surface area is 66.6 Å². The van der Waals surface area contributed by atoms with Gasteiger partial charge in [0.1, 0.15) is 6.67 Å². The molecule has 0 saturated heterocycles. The Bertz CT molecular complexity index is 121. The first-order valence-corrected chi connectivity index (χ1v) is 4.18. The van der Waals surface area contributed by atoms with Gasteiger partial charge in [-0.2, -0.15) is 0 Å². The molecule has 0 aromatic rings. The molecule has 2 nitrogen and oxygen atoms in total. The molecular weight excluding hydrogens is 145 g/mol. The minimum Gasteiger partial charge on any atom is -0.387 e. The summed E-state index contributed by atoms with van der Waals surface area (Å²) in [5.41, 5.74) is 4.44. The van der Waals surface area contributed by atoms with Gasteiger partial charge in [0.2, 0.25) is 0 Å². The van der Waals surface area contributed by atoms with Gasteiger partial charge in [-0.1, -0.05) is 0 Å². The van der Waals surface area contributed by atoms with Gasteiger partial charge in [0.25, 0.3) is 0 Å². The van der Waals surface area contributed by atoms with Crippen molar-refractivity contribution in [3.05, 3.63) is 0 Å². The molecule has 1 aliphatic rings. The van der Waals surface area contributed by atoms with Gasteiger partial charge in [0.15, 0.2) is 0 Å². The lowest BCUT2D eigenvalue weighted by molar-refractivity contribution is -0.0274. The zero-order valence-corrected chi connectivity index (χ0v) is 6.72. The SMILES string of the molecule is NC[C@H]1CC[C@](O)(CF)CC1. The Morgan fingerprint density at radius 2 is 2.00 bits per heavy atom. The molecule has 0 bridgehead atoms. The molecule has 1 aliphatic carbocycles. The van der Waals surface area contributed by atoms with Crippen LogP contribution in [0.3, 0.4) is 0 Å². The van der Waals surface area contributed by atoms with Crippen molar-refractivity contribution in [2.75, 3.05) is 13.2 Å². The summed E-state index contributed by atoms with van der Waals surface area (Å²) in [6, 6.07) is 0. The standard InChI is InChI=1S/C8H16FNO/c9-6-8(11)3-1-7(5-10)2-4-8/h7,11H,1-6,10H2/t7-,8+. The molecule has 1 fully saturated rings. The van der Waals surface area contributed by atoms with Crippen LogP contribution in [0.4, 0.5) is 4.39 Å². The maximum absolute atomic E-state index is 12.2. The van der Waals surface area contributed by atoms with E-state index in [2.05, 4.69) is 0 Å². The van der Waals surface area contributed by atoms with Crippen molar-refractivity contribution in [3.63, 3.8) is 0 Å². The van der Waals surface area contributed by atoms with E-state index in [0.29, 0.717) is 25.3 Å². The molecule has 0 aromatic heterocycles. The molecule has 0 heterocycles. The van der Waals surface area contributed by atoms with E-state index in [1.807, 2.05) is 0 Å². The van der Waals surface area contributed by atoms with Crippen LogP contribution in [-0.4, -0.2) is 23.9 Å². The van der Waals surface area contributed by atoms with Gasteiger partial charge >= 0.3 is 0 Å². The second kappa shape index (κ2) is 3.50. The van der Waals surface area contributed by atoms with Crippen molar-refractivity contribution in [2.45, 2.75) is 31.3 Å². The quantitative estimate of drug-likeness (QED) is 0.630. The molecule has 1 rings (SSSR count). The van der Waals surface area contributed by atoms with Crippen LogP contribution in [0, 0.1) is 5.92 Å². The molecule has 0 radical (unpaired) electrons. The fraction of sp³-hybridized carbons (Fsp3) is 1.00. The highest BCUT2D eigenvalue weighted by atomic mass is 19.1. The predicted octanol–water partition coefficient (Wildman–Crippen LogP) is 0.836. The summed E-state index contributed by atoms with van der Waals surface area (Å²) in [4.78, 5) is 0. The van der Waals surface area contributed by atoms with Crippen LogP contribution in [0.25, 0.3) is 0 Å². The van der Waals surface area contributed by atoms with Crippen LogP contribution in [0.15, 0.2) is 0 Å². The molecule has 11 heavy (non-hydrogen) atoms. The zero-order chi connectivity index (χ0) is 8.32. The van der Waals surface area contributed by atoms with E-state index in [-0.39, 0.29) is 0 Å². The van der Waals surface area contributed by atoms with Crippen molar-refractivity contribution >= 4 is 0 Å². The molecule has 0 spiro atoms. The maximum atomic E-state index is 12.2. The van der Waals surface area contributed by atoms with Crippen molar-refractivity contribution in [1.82, 2.24) is 0 Å². The Kier molecular flexibility index (Phi) is 2.84. The lowest BCUT2D eigenvalue weighted by Gasteiger charge is -2.33. The smallest absolute Gasteiger partial charge is 0.118 e. The normalized spacial score (nSPS) is 39.0. The Morgan fingerprint density at radius 1 is 1.45 bits per heavy atom. The molecule has 3 heteroatoms. The summed E-state index contributed by atoms with van der Waals surface area (Å²) in [5, 5.41) is 9.48. The van der Waals surface area contributed by atoms with Gasteiger partial charge in [-0.3, -0.25) is 0 Å². The number of halogens is 1. The third-order valence-corrected chi connectivity index (χ3v) is 2.62. The van der Waals surface area contributed by atoms with Gasteiger partial charge in [-0.15, -0.1) is 0 Å². The summed E-state index contributed by atoms with van der Waals surface area (Å²) in [7, 11) is 0. The van der Waals surface area contributed by atoms with Gasteiger partial charge in [0.05, 0.1) is 5.60 Å². The first kappa shape index (κ1) is 8.94. The van der Waals surface area contributed by atoms with Crippen LogP contribution in [0.5, 0.6) is 0 Å². The van der Waals surface area contributed by atoms with Crippen LogP contribution >= 0.6 is 0 Å². The summed E-state index contributed by atoms with van der Waals surface area (Å²) >= 11 is 0. The van der Waals surface area contributed by atoms with Crippen LogP contribution < -0.4 is 5.73 Å². The predicted molar refractivity (Wildman–Crippen MR) is 41.9 cm³/mol.